The molecule has 1 aliphatic rings. The van der Waals surface area contributed by atoms with Crippen LogP contribution in [-0.4, -0.2) is 68.5 Å². The highest BCUT2D eigenvalue weighted by Gasteiger charge is 2.49. The van der Waals surface area contributed by atoms with Gasteiger partial charge in [-0.2, -0.15) is 4.31 Å². The van der Waals surface area contributed by atoms with Gasteiger partial charge in [-0.1, -0.05) is 18.2 Å². The van der Waals surface area contributed by atoms with Crippen molar-refractivity contribution in [2.24, 2.45) is 0 Å². The molecule has 1 heterocycles. The van der Waals surface area contributed by atoms with Gasteiger partial charge in [-0.15, -0.1) is 0 Å². The first-order valence-electron chi connectivity index (χ1n) is 10.7. The van der Waals surface area contributed by atoms with Crippen molar-refractivity contribution in [1.82, 2.24) is 9.21 Å². The smallest absolute Gasteiger partial charge is 0.251 e. The minimum atomic E-state index is -3.71. The zero-order chi connectivity index (χ0) is 25.3. The lowest BCUT2D eigenvalue weighted by atomic mass is 9.93. The van der Waals surface area contributed by atoms with Crippen LogP contribution in [-0.2, 0) is 26.2 Å². The minimum absolute atomic E-state index is 0.0352. The number of benzene rings is 2. The standard InChI is InChI=1S/C24H31N3O6S/c1-16-8-7-9-17(2)22(16)25-23(29)24(3)15-26(34(6,30)31)14-21(28)27(24)13-18-12-19(32-4)10-11-20(18)33-5/h7-12H,13-15H2,1-6H3,(H,25,29). The van der Waals surface area contributed by atoms with Gasteiger partial charge < -0.3 is 19.7 Å². The summed E-state index contributed by atoms with van der Waals surface area (Å²) in [4.78, 5) is 28.4. The van der Waals surface area contributed by atoms with Gasteiger partial charge >= 0.3 is 0 Å². The number of para-hydroxylation sites is 1. The Balaban J connectivity index is 2.06. The zero-order valence-corrected chi connectivity index (χ0v) is 21.2. The molecule has 0 aliphatic carbocycles. The van der Waals surface area contributed by atoms with Crippen molar-refractivity contribution < 1.29 is 27.5 Å². The Morgan fingerprint density at radius 3 is 2.32 bits per heavy atom. The number of aryl methyl sites for hydroxylation is 2. The molecule has 0 radical (unpaired) electrons. The van der Waals surface area contributed by atoms with E-state index in [1.54, 1.807) is 25.1 Å². The summed E-state index contributed by atoms with van der Waals surface area (Å²) in [5, 5.41) is 2.94. The van der Waals surface area contributed by atoms with E-state index in [4.69, 9.17) is 9.47 Å². The van der Waals surface area contributed by atoms with E-state index in [0.29, 0.717) is 22.7 Å². The molecule has 1 saturated heterocycles. The third-order valence-corrected chi connectivity index (χ3v) is 7.38. The van der Waals surface area contributed by atoms with Crippen LogP contribution < -0.4 is 14.8 Å². The molecule has 1 unspecified atom stereocenters. The quantitative estimate of drug-likeness (QED) is 0.640. The number of carbonyl (C=O) groups is 2. The molecule has 10 heteroatoms. The molecule has 184 valence electrons. The highest BCUT2D eigenvalue weighted by Crippen LogP contribution is 2.32. The summed E-state index contributed by atoms with van der Waals surface area (Å²) in [7, 11) is -0.664. The predicted molar refractivity (Wildman–Crippen MR) is 129 cm³/mol. The monoisotopic (exact) mass is 489 g/mol. The van der Waals surface area contributed by atoms with Gasteiger partial charge in [0, 0.05) is 17.8 Å². The molecule has 0 saturated carbocycles. The van der Waals surface area contributed by atoms with Crippen molar-refractivity contribution in [3.05, 3.63) is 53.1 Å². The fourth-order valence-corrected chi connectivity index (χ4v) is 4.95. The van der Waals surface area contributed by atoms with Crippen molar-refractivity contribution in [1.29, 1.82) is 0 Å². The van der Waals surface area contributed by atoms with Gasteiger partial charge in [-0.3, -0.25) is 9.59 Å². The number of methoxy groups -OCH3 is 2. The Hall–Kier alpha value is -3.11. The summed E-state index contributed by atoms with van der Waals surface area (Å²) in [5.74, 6) is 0.130. The molecule has 0 aromatic heterocycles. The van der Waals surface area contributed by atoms with E-state index in [0.717, 1.165) is 21.7 Å². The second kappa shape index (κ2) is 9.63. The van der Waals surface area contributed by atoms with Gasteiger partial charge in [-0.05, 0) is 50.1 Å². The molecular weight excluding hydrogens is 458 g/mol. The van der Waals surface area contributed by atoms with Crippen LogP contribution in [0.25, 0.3) is 0 Å². The summed E-state index contributed by atoms with van der Waals surface area (Å²) in [6, 6.07) is 10.8. The van der Waals surface area contributed by atoms with Crippen LogP contribution in [0.4, 0.5) is 5.69 Å². The van der Waals surface area contributed by atoms with E-state index >= 15 is 0 Å². The van der Waals surface area contributed by atoms with E-state index in [1.165, 1.54) is 19.1 Å². The first-order valence-corrected chi connectivity index (χ1v) is 12.6. The van der Waals surface area contributed by atoms with Gasteiger partial charge in [0.05, 0.1) is 33.6 Å². The first-order chi connectivity index (χ1) is 15.9. The van der Waals surface area contributed by atoms with Crippen LogP contribution in [0.5, 0.6) is 11.5 Å². The van der Waals surface area contributed by atoms with Crippen LogP contribution in [0, 0.1) is 13.8 Å². The van der Waals surface area contributed by atoms with E-state index < -0.39 is 27.4 Å². The number of carbonyl (C=O) groups excluding carboxylic acids is 2. The molecule has 34 heavy (non-hydrogen) atoms. The molecule has 1 aliphatic heterocycles. The Kier molecular flexibility index (Phi) is 7.23. The van der Waals surface area contributed by atoms with Crippen molar-refractivity contribution in [2.45, 2.75) is 32.9 Å². The van der Waals surface area contributed by atoms with Crippen molar-refractivity contribution >= 4 is 27.5 Å². The molecule has 2 aromatic carbocycles. The number of ether oxygens (including phenoxy) is 2. The highest BCUT2D eigenvalue weighted by molar-refractivity contribution is 7.88. The molecule has 2 aromatic rings. The maximum Gasteiger partial charge on any atom is 0.251 e. The lowest BCUT2D eigenvalue weighted by Crippen LogP contribution is -2.68. The van der Waals surface area contributed by atoms with Crippen LogP contribution >= 0.6 is 0 Å². The van der Waals surface area contributed by atoms with E-state index in [9.17, 15) is 18.0 Å². The number of sulfonamides is 1. The number of nitrogens with one attached hydrogen (secondary N) is 1. The van der Waals surface area contributed by atoms with Gasteiger partial charge in [0.15, 0.2) is 0 Å². The van der Waals surface area contributed by atoms with Gasteiger partial charge in [0.1, 0.15) is 17.0 Å². The number of amides is 2. The SMILES string of the molecule is COc1ccc(OC)c(CN2C(=O)CN(S(C)(=O)=O)CC2(C)C(=O)Nc2c(C)cccc2C)c1. The minimum Gasteiger partial charge on any atom is -0.497 e. The molecule has 3 rings (SSSR count). The second-order valence-corrected chi connectivity index (χ2v) is 10.7. The largest absolute Gasteiger partial charge is 0.497 e. The Morgan fingerprint density at radius 1 is 1.12 bits per heavy atom. The van der Waals surface area contributed by atoms with Crippen LogP contribution in [0.1, 0.15) is 23.6 Å². The number of hydrogen-bond acceptors (Lipinski definition) is 6. The number of hydrogen-bond donors (Lipinski definition) is 1. The summed E-state index contributed by atoms with van der Waals surface area (Å²) < 4.78 is 36.5. The lowest BCUT2D eigenvalue weighted by Gasteiger charge is -2.46. The van der Waals surface area contributed by atoms with E-state index in [-0.39, 0.29) is 19.6 Å². The van der Waals surface area contributed by atoms with Crippen LogP contribution in [0.2, 0.25) is 0 Å². The number of nitrogens with zero attached hydrogens (tertiary/aromatic N) is 2. The number of piperazine rings is 1. The molecule has 1 fully saturated rings. The highest BCUT2D eigenvalue weighted by atomic mass is 32.2. The zero-order valence-electron chi connectivity index (χ0n) is 20.3. The molecule has 0 bridgehead atoms. The summed E-state index contributed by atoms with van der Waals surface area (Å²) in [6.45, 7) is 4.83. The molecular formula is C24H31N3O6S. The summed E-state index contributed by atoms with van der Waals surface area (Å²) in [5.41, 5.74) is 1.51. The van der Waals surface area contributed by atoms with Crippen LogP contribution in [0.3, 0.4) is 0 Å². The summed E-state index contributed by atoms with van der Waals surface area (Å²) >= 11 is 0. The van der Waals surface area contributed by atoms with E-state index in [1.807, 2.05) is 32.0 Å². The van der Waals surface area contributed by atoms with Crippen molar-refractivity contribution in [2.75, 3.05) is 38.9 Å². The fourth-order valence-electron chi connectivity index (χ4n) is 4.12. The second-order valence-electron chi connectivity index (χ2n) is 8.68. The maximum atomic E-state index is 13.7. The molecule has 9 nitrogen and oxygen atoms in total. The van der Waals surface area contributed by atoms with Gasteiger partial charge in [0.25, 0.3) is 5.91 Å². The predicted octanol–water partition coefficient (Wildman–Crippen LogP) is 2.32. The Morgan fingerprint density at radius 2 is 1.76 bits per heavy atom. The average Bonchev–Trinajstić information content (AvgIpc) is 2.77. The van der Waals surface area contributed by atoms with E-state index in [2.05, 4.69) is 5.32 Å². The molecule has 2 amide bonds. The number of anilines is 1. The third kappa shape index (κ3) is 5.02. The van der Waals surface area contributed by atoms with Gasteiger partial charge in [0.2, 0.25) is 15.9 Å². The average molecular weight is 490 g/mol. The molecule has 1 atom stereocenters. The van der Waals surface area contributed by atoms with Crippen LogP contribution in [0.15, 0.2) is 36.4 Å². The Bertz CT molecular complexity index is 1190. The first kappa shape index (κ1) is 25.5. The normalized spacial score (nSPS) is 19.1. The van der Waals surface area contributed by atoms with Gasteiger partial charge in [-0.25, -0.2) is 8.42 Å². The Labute approximate surface area is 200 Å². The topological polar surface area (TPSA) is 105 Å². The summed E-state index contributed by atoms with van der Waals surface area (Å²) in [6.07, 6.45) is 1.03. The molecule has 0 spiro atoms. The van der Waals surface area contributed by atoms with Crippen molar-refractivity contribution in [3.8, 4) is 11.5 Å². The van der Waals surface area contributed by atoms with Crippen molar-refractivity contribution in [3.63, 3.8) is 0 Å². The molecule has 1 N–H and O–H groups in total. The number of rotatable bonds is 7. The fraction of sp³-hybridized carbons (Fsp3) is 0.417. The maximum absolute atomic E-state index is 13.7. The lowest BCUT2D eigenvalue weighted by molar-refractivity contribution is -0.151. The third-order valence-electron chi connectivity index (χ3n) is 6.19.